The van der Waals surface area contributed by atoms with E-state index in [0.717, 1.165) is 44.9 Å². The lowest BCUT2D eigenvalue weighted by Crippen LogP contribution is -2.52. The minimum absolute atomic E-state index is 0.181. The van der Waals surface area contributed by atoms with Crippen molar-refractivity contribution < 1.29 is 44.5 Å². The maximum Gasteiger partial charge on any atom is 0.432 e. The van der Waals surface area contributed by atoms with Crippen LogP contribution in [-0.2, 0) is 19.6 Å². The zero-order valence-corrected chi connectivity index (χ0v) is 15.6. The number of hydrogen-bond donors (Lipinski definition) is 1. The third-order valence-electron chi connectivity index (χ3n) is 4.62. The average molecular weight is 424 g/mol. The van der Waals surface area contributed by atoms with E-state index in [2.05, 4.69) is 4.74 Å². The first-order valence-electron chi connectivity index (χ1n) is 8.99. The largest absolute Gasteiger partial charge is 0.444 e. The van der Waals surface area contributed by atoms with Crippen molar-refractivity contribution in [2.45, 2.75) is 88.2 Å². The minimum atomic E-state index is -6.42. The van der Waals surface area contributed by atoms with E-state index in [9.17, 15) is 35.2 Å². The SMILES string of the molecule is O=C(OC(C(F)(F)F)C(F)(F)S(=O)(=O)O)C1CCCCCCCCCCC1. The van der Waals surface area contributed by atoms with E-state index in [1.165, 1.54) is 0 Å². The first-order valence-corrected chi connectivity index (χ1v) is 10.4. The second-order valence-corrected chi connectivity index (χ2v) is 8.35. The van der Waals surface area contributed by atoms with Gasteiger partial charge < -0.3 is 4.74 Å². The third-order valence-corrected chi connectivity index (χ3v) is 5.52. The number of halogens is 5. The van der Waals surface area contributed by atoms with Gasteiger partial charge in [0.1, 0.15) is 0 Å². The van der Waals surface area contributed by atoms with Crippen LogP contribution in [0.2, 0.25) is 0 Å². The fourth-order valence-corrected chi connectivity index (χ4v) is 3.52. The van der Waals surface area contributed by atoms with Crippen molar-refractivity contribution in [2.24, 2.45) is 5.92 Å². The molecule has 0 aromatic carbocycles. The fourth-order valence-electron chi connectivity index (χ4n) is 3.07. The highest BCUT2D eigenvalue weighted by atomic mass is 32.2. The van der Waals surface area contributed by atoms with Gasteiger partial charge >= 0.3 is 27.5 Å². The highest BCUT2D eigenvalue weighted by molar-refractivity contribution is 7.86. The van der Waals surface area contributed by atoms with E-state index >= 15 is 0 Å². The Balaban J connectivity index is 2.90. The second-order valence-electron chi connectivity index (χ2n) is 6.85. The second kappa shape index (κ2) is 9.99. The van der Waals surface area contributed by atoms with Gasteiger partial charge in [0.25, 0.3) is 6.10 Å². The van der Waals surface area contributed by atoms with Crippen LogP contribution in [-0.4, -0.2) is 36.5 Å². The number of rotatable bonds is 4. The summed E-state index contributed by atoms with van der Waals surface area (Å²) in [5.74, 6) is -2.54. The van der Waals surface area contributed by atoms with Crippen LogP contribution in [0.5, 0.6) is 0 Å². The molecule has 1 aliphatic rings. The quantitative estimate of drug-likeness (QED) is 0.396. The summed E-state index contributed by atoms with van der Waals surface area (Å²) in [7, 11) is -6.42. The van der Waals surface area contributed by atoms with E-state index < -0.39 is 39.5 Å². The molecule has 11 heteroatoms. The first-order chi connectivity index (χ1) is 12.4. The summed E-state index contributed by atoms with van der Waals surface area (Å²) in [6.45, 7) is 0. The summed E-state index contributed by atoms with van der Waals surface area (Å²) < 4.78 is 99.5. The molecular formula is C16H25F5O5S. The van der Waals surface area contributed by atoms with Crippen molar-refractivity contribution in [1.82, 2.24) is 0 Å². The Morgan fingerprint density at radius 2 is 1.22 bits per heavy atom. The molecule has 1 N–H and O–H groups in total. The zero-order valence-electron chi connectivity index (χ0n) is 14.8. The summed E-state index contributed by atoms with van der Waals surface area (Å²) in [6, 6.07) is 0. The Bertz CT molecular complexity index is 564. The number of hydrogen-bond acceptors (Lipinski definition) is 4. The van der Waals surface area contributed by atoms with Crippen LogP contribution >= 0.6 is 0 Å². The molecule has 0 spiro atoms. The number of esters is 1. The van der Waals surface area contributed by atoms with Gasteiger partial charge in [0.2, 0.25) is 0 Å². The molecule has 0 aromatic rings. The molecule has 5 nitrogen and oxygen atoms in total. The van der Waals surface area contributed by atoms with Crippen LogP contribution < -0.4 is 0 Å². The summed E-state index contributed by atoms with van der Waals surface area (Å²) in [5.41, 5.74) is 0. The molecule has 0 aliphatic heterocycles. The zero-order chi connectivity index (χ0) is 20.7. The topological polar surface area (TPSA) is 80.7 Å². The van der Waals surface area contributed by atoms with Gasteiger partial charge in [0, 0.05) is 0 Å². The molecule has 1 saturated carbocycles. The lowest BCUT2D eigenvalue weighted by molar-refractivity contribution is -0.260. The average Bonchev–Trinajstić information content (AvgIpc) is 2.50. The van der Waals surface area contributed by atoms with E-state index in [1.54, 1.807) is 0 Å². The van der Waals surface area contributed by atoms with Crippen LogP contribution in [0.15, 0.2) is 0 Å². The van der Waals surface area contributed by atoms with Crippen molar-refractivity contribution >= 4 is 16.1 Å². The molecular weight excluding hydrogens is 399 g/mol. The molecule has 160 valence electrons. The predicted octanol–water partition coefficient (Wildman–Crippen LogP) is 4.86. The van der Waals surface area contributed by atoms with Gasteiger partial charge in [-0.2, -0.15) is 30.4 Å². The van der Waals surface area contributed by atoms with Gasteiger partial charge in [-0.1, -0.05) is 57.8 Å². The summed E-state index contributed by atoms with van der Waals surface area (Å²) >= 11 is 0. The Morgan fingerprint density at radius 3 is 1.56 bits per heavy atom. The summed E-state index contributed by atoms with van der Waals surface area (Å²) in [4.78, 5) is 12.1. The van der Waals surface area contributed by atoms with Gasteiger partial charge in [-0.15, -0.1) is 0 Å². The number of carbonyl (C=O) groups excluding carboxylic acids is 1. The Labute approximate surface area is 155 Å². The van der Waals surface area contributed by atoms with Crippen LogP contribution in [0.1, 0.15) is 70.6 Å². The molecule has 0 heterocycles. The predicted molar refractivity (Wildman–Crippen MR) is 86.7 cm³/mol. The van der Waals surface area contributed by atoms with Crippen molar-refractivity contribution in [1.29, 1.82) is 0 Å². The summed E-state index contributed by atoms with van der Waals surface area (Å²) in [5, 5.41) is -5.69. The van der Waals surface area contributed by atoms with Gasteiger partial charge in [-0.3, -0.25) is 9.35 Å². The van der Waals surface area contributed by atoms with Crippen molar-refractivity contribution in [3.63, 3.8) is 0 Å². The standard InChI is InChI=1S/C16H25F5O5S/c17-15(18,19)14(16(20,21)27(23,24)25)26-13(22)12-10-8-6-4-2-1-3-5-7-9-11-12/h12,14H,1-11H2,(H,23,24,25). The lowest BCUT2D eigenvalue weighted by atomic mass is 9.93. The van der Waals surface area contributed by atoms with E-state index in [-0.39, 0.29) is 12.8 Å². The molecule has 0 bridgehead atoms. The van der Waals surface area contributed by atoms with E-state index in [4.69, 9.17) is 4.55 Å². The van der Waals surface area contributed by atoms with Crippen LogP contribution in [0, 0.1) is 5.92 Å². The van der Waals surface area contributed by atoms with Gasteiger partial charge in [-0.05, 0) is 12.8 Å². The Kier molecular flexibility index (Phi) is 8.91. The smallest absolute Gasteiger partial charge is 0.432 e. The molecule has 0 amide bonds. The lowest BCUT2D eigenvalue weighted by Gasteiger charge is -2.28. The van der Waals surface area contributed by atoms with E-state index in [0.29, 0.717) is 12.8 Å². The normalized spacial score (nSPS) is 21.0. The van der Waals surface area contributed by atoms with Gasteiger partial charge in [-0.25, -0.2) is 0 Å². The Hall–Kier alpha value is -0.970. The van der Waals surface area contributed by atoms with Gasteiger partial charge in [0.05, 0.1) is 5.92 Å². The Morgan fingerprint density at radius 1 is 0.852 bits per heavy atom. The molecule has 1 fully saturated rings. The number of ether oxygens (including phenoxy) is 1. The molecule has 1 unspecified atom stereocenters. The molecule has 1 atom stereocenters. The molecule has 0 radical (unpaired) electrons. The molecule has 1 rings (SSSR count). The van der Waals surface area contributed by atoms with Crippen LogP contribution in [0.3, 0.4) is 0 Å². The number of alkyl halides is 5. The highest BCUT2D eigenvalue weighted by Crippen LogP contribution is 2.39. The van der Waals surface area contributed by atoms with E-state index in [1.807, 2.05) is 0 Å². The monoisotopic (exact) mass is 424 g/mol. The van der Waals surface area contributed by atoms with Crippen LogP contribution in [0.4, 0.5) is 22.0 Å². The minimum Gasteiger partial charge on any atom is -0.444 e. The highest BCUT2D eigenvalue weighted by Gasteiger charge is 2.66. The van der Waals surface area contributed by atoms with Crippen LogP contribution in [0.25, 0.3) is 0 Å². The molecule has 0 aromatic heterocycles. The van der Waals surface area contributed by atoms with Crippen molar-refractivity contribution in [3.05, 3.63) is 0 Å². The van der Waals surface area contributed by atoms with Crippen molar-refractivity contribution in [3.8, 4) is 0 Å². The van der Waals surface area contributed by atoms with Gasteiger partial charge in [0.15, 0.2) is 0 Å². The maximum absolute atomic E-state index is 13.5. The van der Waals surface area contributed by atoms with Crippen molar-refractivity contribution in [2.75, 3.05) is 0 Å². The molecule has 27 heavy (non-hydrogen) atoms. The number of carbonyl (C=O) groups is 1. The molecule has 0 saturated heterocycles. The molecule has 1 aliphatic carbocycles. The fraction of sp³-hybridized carbons (Fsp3) is 0.938. The summed E-state index contributed by atoms with van der Waals surface area (Å²) in [6.07, 6.45) is -2.21. The first kappa shape index (κ1) is 24.1. The third kappa shape index (κ3) is 7.52. The maximum atomic E-state index is 13.5.